The van der Waals surface area contributed by atoms with Gasteiger partial charge in [-0.3, -0.25) is 0 Å². The highest BCUT2D eigenvalue weighted by Crippen LogP contribution is 2.28. The van der Waals surface area contributed by atoms with E-state index in [0.717, 1.165) is 10.9 Å². The summed E-state index contributed by atoms with van der Waals surface area (Å²) in [6.07, 6.45) is 0. The number of carboxylic acid groups (broad SMARTS) is 2. The molecule has 0 saturated carbocycles. The fraction of sp³-hybridized carbons (Fsp3) is 0.125. The van der Waals surface area contributed by atoms with Crippen LogP contribution in [0.25, 0.3) is 21.8 Å². The van der Waals surface area contributed by atoms with Crippen molar-refractivity contribution in [3.05, 3.63) is 46.8 Å². The van der Waals surface area contributed by atoms with Crippen molar-refractivity contribution in [1.82, 2.24) is 9.97 Å². The van der Waals surface area contributed by atoms with Crippen LogP contribution in [0.4, 0.5) is 0 Å². The topological polar surface area (TPSA) is 100 Å². The minimum atomic E-state index is -1.14. The number of rotatable bonds is 2. The summed E-state index contributed by atoms with van der Waals surface area (Å²) in [5, 5.41) is 19.8. The van der Waals surface area contributed by atoms with E-state index in [1.165, 1.54) is 6.07 Å². The van der Waals surface area contributed by atoms with Crippen LogP contribution in [0.1, 0.15) is 32.1 Å². The van der Waals surface area contributed by atoms with E-state index >= 15 is 0 Å². The number of pyridine rings is 2. The molecule has 6 nitrogen and oxygen atoms in total. The van der Waals surface area contributed by atoms with Crippen LogP contribution in [0.2, 0.25) is 0 Å². The van der Waals surface area contributed by atoms with E-state index in [9.17, 15) is 14.7 Å². The Balaban J connectivity index is 2.51. The quantitative estimate of drug-likeness (QED) is 0.705. The number of carbonyl (C=O) groups is 2. The largest absolute Gasteiger partial charge is 0.477 e. The SMILES string of the molecule is Cc1c(C(=O)O)nc2c(ccc3ccc(C(=O)O)nc32)c1C. The summed E-state index contributed by atoms with van der Waals surface area (Å²) < 4.78 is 0. The van der Waals surface area contributed by atoms with Crippen LogP contribution in [0.5, 0.6) is 0 Å². The molecule has 0 radical (unpaired) electrons. The third-order valence-corrected chi connectivity index (χ3v) is 3.80. The van der Waals surface area contributed by atoms with Crippen molar-refractivity contribution in [2.75, 3.05) is 0 Å². The third-order valence-electron chi connectivity index (χ3n) is 3.80. The Morgan fingerprint density at radius 2 is 1.55 bits per heavy atom. The number of hydrogen-bond acceptors (Lipinski definition) is 4. The van der Waals surface area contributed by atoms with Gasteiger partial charge in [0.15, 0.2) is 5.69 Å². The highest BCUT2D eigenvalue weighted by atomic mass is 16.4. The van der Waals surface area contributed by atoms with Gasteiger partial charge in [-0.1, -0.05) is 18.2 Å². The molecule has 2 N–H and O–H groups in total. The third kappa shape index (κ3) is 1.96. The lowest BCUT2D eigenvalue weighted by Gasteiger charge is -2.10. The first-order chi connectivity index (χ1) is 10.4. The zero-order chi connectivity index (χ0) is 16.0. The fourth-order valence-corrected chi connectivity index (χ4v) is 2.49. The van der Waals surface area contributed by atoms with Crippen LogP contribution < -0.4 is 0 Å². The van der Waals surface area contributed by atoms with Gasteiger partial charge < -0.3 is 10.2 Å². The Morgan fingerprint density at radius 1 is 0.864 bits per heavy atom. The molecule has 0 aliphatic rings. The Kier molecular flexibility index (Phi) is 3.02. The van der Waals surface area contributed by atoms with Gasteiger partial charge in [-0.05, 0) is 31.0 Å². The summed E-state index contributed by atoms with van der Waals surface area (Å²) in [5.41, 5.74) is 2.04. The average Bonchev–Trinajstić information content (AvgIpc) is 2.49. The molecule has 0 unspecified atom stereocenters. The van der Waals surface area contributed by atoms with E-state index in [0.29, 0.717) is 22.0 Å². The predicted molar refractivity (Wildman–Crippen MR) is 80.4 cm³/mol. The molecular formula is C16H12N2O4. The zero-order valence-electron chi connectivity index (χ0n) is 11.9. The Morgan fingerprint density at radius 3 is 2.18 bits per heavy atom. The number of benzene rings is 1. The standard InChI is InChI=1S/C16H12N2O4/c1-7-8(2)12(16(21)22)18-14-10(7)5-3-9-4-6-11(15(19)20)17-13(9)14/h3-6H,1-2H3,(H,19,20)(H,21,22). The van der Waals surface area contributed by atoms with Gasteiger partial charge in [0.2, 0.25) is 0 Å². The molecule has 0 atom stereocenters. The number of hydrogen-bond donors (Lipinski definition) is 2. The van der Waals surface area contributed by atoms with Gasteiger partial charge in [0.25, 0.3) is 0 Å². The maximum atomic E-state index is 11.4. The van der Waals surface area contributed by atoms with Gasteiger partial charge in [-0.15, -0.1) is 0 Å². The molecule has 0 fully saturated rings. The van der Waals surface area contributed by atoms with Crippen LogP contribution >= 0.6 is 0 Å². The summed E-state index contributed by atoms with van der Waals surface area (Å²) >= 11 is 0. The molecule has 1 aromatic carbocycles. The molecule has 110 valence electrons. The molecule has 0 amide bonds. The number of fused-ring (bicyclic) bond motifs is 3. The van der Waals surface area contributed by atoms with Crippen molar-refractivity contribution in [3.8, 4) is 0 Å². The molecule has 0 spiro atoms. The Hall–Kier alpha value is -3.02. The van der Waals surface area contributed by atoms with Crippen molar-refractivity contribution in [2.24, 2.45) is 0 Å². The smallest absolute Gasteiger partial charge is 0.354 e. The molecule has 0 aliphatic carbocycles. The van der Waals surface area contributed by atoms with Crippen LogP contribution in [0.3, 0.4) is 0 Å². The highest BCUT2D eigenvalue weighted by molar-refractivity contribution is 6.07. The van der Waals surface area contributed by atoms with E-state index in [1.807, 2.05) is 19.1 Å². The molecule has 3 aromatic rings. The maximum Gasteiger partial charge on any atom is 0.354 e. The number of aromatic nitrogens is 2. The summed E-state index contributed by atoms with van der Waals surface area (Å²) in [4.78, 5) is 30.8. The molecule has 3 rings (SSSR count). The normalized spacial score (nSPS) is 11.0. The molecule has 0 saturated heterocycles. The molecular weight excluding hydrogens is 284 g/mol. The van der Waals surface area contributed by atoms with Crippen LogP contribution in [0.15, 0.2) is 24.3 Å². The average molecular weight is 296 g/mol. The second kappa shape index (κ2) is 4.77. The molecule has 2 heterocycles. The van der Waals surface area contributed by atoms with Gasteiger partial charge in [0, 0.05) is 10.8 Å². The van der Waals surface area contributed by atoms with E-state index < -0.39 is 11.9 Å². The number of nitrogens with zero attached hydrogens (tertiary/aromatic N) is 2. The lowest BCUT2D eigenvalue weighted by atomic mass is 10.0. The first-order valence-corrected chi connectivity index (χ1v) is 6.57. The minimum Gasteiger partial charge on any atom is -0.477 e. The zero-order valence-corrected chi connectivity index (χ0v) is 11.9. The first kappa shape index (κ1) is 13.9. The van der Waals surface area contributed by atoms with Gasteiger partial charge in [-0.25, -0.2) is 19.6 Å². The summed E-state index contributed by atoms with van der Waals surface area (Å²) in [6.45, 7) is 3.52. The molecule has 0 bridgehead atoms. The molecule has 22 heavy (non-hydrogen) atoms. The Bertz CT molecular complexity index is 963. The van der Waals surface area contributed by atoms with Gasteiger partial charge in [-0.2, -0.15) is 0 Å². The summed E-state index contributed by atoms with van der Waals surface area (Å²) in [6, 6.07) is 6.73. The van der Waals surface area contributed by atoms with E-state index in [4.69, 9.17) is 5.11 Å². The lowest BCUT2D eigenvalue weighted by molar-refractivity contribution is 0.0679. The second-order valence-electron chi connectivity index (χ2n) is 5.05. The molecule has 2 aromatic heterocycles. The lowest BCUT2D eigenvalue weighted by Crippen LogP contribution is -2.07. The summed E-state index contributed by atoms with van der Waals surface area (Å²) in [7, 11) is 0. The highest BCUT2D eigenvalue weighted by Gasteiger charge is 2.17. The van der Waals surface area contributed by atoms with Crippen molar-refractivity contribution < 1.29 is 19.8 Å². The predicted octanol–water partition coefficient (Wildman–Crippen LogP) is 2.80. The van der Waals surface area contributed by atoms with Crippen molar-refractivity contribution in [3.63, 3.8) is 0 Å². The molecule has 6 heteroatoms. The second-order valence-corrected chi connectivity index (χ2v) is 5.05. The van der Waals surface area contributed by atoms with E-state index in [2.05, 4.69) is 9.97 Å². The number of carboxylic acids is 2. The van der Waals surface area contributed by atoms with E-state index in [-0.39, 0.29) is 11.4 Å². The maximum absolute atomic E-state index is 11.4. The first-order valence-electron chi connectivity index (χ1n) is 6.57. The monoisotopic (exact) mass is 296 g/mol. The Labute approximate surface area is 125 Å². The van der Waals surface area contributed by atoms with Crippen LogP contribution in [0, 0.1) is 13.8 Å². The van der Waals surface area contributed by atoms with Crippen molar-refractivity contribution in [2.45, 2.75) is 13.8 Å². The molecule has 0 aliphatic heterocycles. The number of aromatic carboxylic acids is 2. The van der Waals surface area contributed by atoms with E-state index in [1.54, 1.807) is 13.0 Å². The number of aryl methyl sites for hydroxylation is 1. The van der Waals surface area contributed by atoms with Crippen molar-refractivity contribution in [1.29, 1.82) is 0 Å². The van der Waals surface area contributed by atoms with Crippen LogP contribution in [-0.4, -0.2) is 32.1 Å². The van der Waals surface area contributed by atoms with Gasteiger partial charge >= 0.3 is 11.9 Å². The van der Waals surface area contributed by atoms with Gasteiger partial charge in [0.1, 0.15) is 5.69 Å². The fourth-order valence-electron chi connectivity index (χ4n) is 2.49. The van der Waals surface area contributed by atoms with Gasteiger partial charge in [0.05, 0.1) is 11.0 Å². The minimum absolute atomic E-state index is 0.0416. The van der Waals surface area contributed by atoms with Crippen LogP contribution in [-0.2, 0) is 0 Å². The summed E-state index contributed by atoms with van der Waals surface area (Å²) in [5.74, 6) is -2.25. The van der Waals surface area contributed by atoms with Crippen molar-refractivity contribution >= 4 is 33.7 Å².